The van der Waals surface area contributed by atoms with Gasteiger partial charge in [0, 0.05) is 18.2 Å². The number of hydrogen-bond donors (Lipinski definition) is 3. The molecule has 4 nitrogen and oxygen atoms in total. The van der Waals surface area contributed by atoms with E-state index in [1.54, 1.807) is 0 Å². The average Bonchev–Trinajstić information content (AvgIpc) is 2.41. The van der Waals surface area contributed by atoms with Crippen LogP contribution in [0.25, 0.3) is 0 Å². The van der Waals surface area contributed by atoms with E-state index in [4.69, 9.17) is 16.7 Å². The third-order valence-corrected chi connectivity index (χ3v) is 3.20. The number of amides is 2. The summed E-state index contributed by atoms with van der Waals surface area (Å²) in [5, 5.41) is 14.4. The number of rotatable bonds is 7. The molecule has 1 aromatic carbocycles. The van der Waals surface area contributed by atoms with Crippen molar-refractivity contribution in [2.24, 2.45) is 5.92 Å². The van der Waals surface area contributed by atoms with Gasteiger partial charge >= 0.3 is 6.03 Å². The van der Waals surface area contributed by atoms with Gasteiger partial charge in [-0.25, -0.2) is 9.18 Å². The van der Waals surface area contributed by atoms with Gasteiger partial charge in [0.05, 0.1) is 5.69 Å². The molecule has 0 saturated carbocycles. The Morgan fingerprint density at radius 3 is 2.85 bits per heavy atom. The van der Waals surface area contributed by atoms with Crippen molar-refractivity contribution in [3.8, 4) is 0 Å². The largest absolute Gasteiger partial charge is 0.396 e. The molecule has 0 radical (unpaired) electrons. The van der Waals surface area contributed by atoms with E-state index in [1.165, 1.54) is 18.2 Å². The molecule has 0 aliphatic carbocycles. The number of halogens is 2. The molecule has 1 aromatic rings. The zero-order valence-corrected chi connectivity index (χ0v) is 12.2. The third kappa shape index (κ3) is 5.75. The Morgan fingerprint density at radius 1 is 1.45 bits per heavy atom. The molecule has 0 aromatic heterocycles. The number of aliphatic hydroxyl groups is 1. The molecule has 1 unspecified atom stereocenters. The molecule has 2 amide bonds. The zero-order valence-electron chi connectivity index (χ0n) is 11.5. The van der Waals surface area contributed by atoms with Gasteiger partial charge in [0.2, 0.25) is 0 Å². The molecular weight excluding hydrogens is 283 g/mol. The van der Waals surface area contributed by atoms with Crippen molar-refractivity contribution >= 4 is 23.3 Å². The normalized spacial score (nSPS) is 12.0. The standard InChI is InChI=1S/C14H20ClFN2O2/c1-2-3-10(6-7-19)9-17-14(20)18-13-8-11(15)4-5-12(13)16/h4-5,8,10,19H,2-3,6-7,9H2,1H3,(H2,17,18,20). The highest BCUT2D eigenvalue weighted by molar-refractivity contribution is 6.30. The fourth-order valence-electron chi connectivity index (χ4n) is 1.94. The summed E-state index contributed by atoms with van der Waals surface area (Å²) in [6, 6.07) is 3.49. The second-order valence-electron chi connectivity index (χ2n) is 4.63. The van der Waals surface area contributed by atoms with Crippen LogP contribution in [0.1, 0.15) is 26.2 Å². The molecule has 3 N–H and O–H groups in total. The van der Waals surface area contributed by atoms with Crippen molar-refractivity contribution < 1.29 is 14.3 Å². The number of carbonyl (C=O) groups is 1. The molecule has 1 rings (SSSR count). The van der Waals surface area contributed by atoms with E-state index in [0.29, 0.717) is 18.0 Å². The van der Waals surface area contributed by atoms with Crippen molar-refractivity contribution in [1.29, 1.82) is 0 Å². The minimum atomic E-state index is -0.537. The molecule has 0 aliphatic heterocycles. The molecule has 112 valence electrons. The summed E-state index contributed by atoms with van der Waals surface area (Å²) in [4.78, 5) is 11.7. The molecule has 0 spiro atoms. The lowest BCUT2D eigenvalue weighted by Crippen LogP contribution is -2.33. The van der Waals surface area contributed by atoms with E-state index >= 15 is 0 Å². The molecule has 0 saturated heterocycles. The van der Waals surface area contributed by atoms with Crippen molar-refractivity contribution in [2.45, 2.75) is 26.2 Å². The maximum atomic E-state index is 13.4. The van der Waals surface area contributed by atoms with Gasteiger partial charge in [-0.1, -0.05) is 24.9 Å². The summed E-state index contributed by atoms with van der Waals surface area (Å²) < 4.78 is 13.4. The lowest BCUT2D eigenvalue weighted by atomic mass is 10.0. The number of hydrogen-bond acceptors (Lipinski definition) is 2. The maximum absolute atomic E-state index is 13.4. The van der Waals surface area contributed by atoms with Crippen LogP contribution in [-0.4, -0.2) is 24.3 Å². The number of anilines is 1. The van der Waals surface area contributed by atoms with E-state index in [0.717, 1.165) is 12.8 Å². The third-order valence-electron chi connectivity index (χ3n) is 2.96. The Kier molecular flexibility index (Phi) is 7.33. The van der Waals surface area contributed by atoms with Crippen LogP contribution < -0.4 is 10.6 Å². The van der Waals surface area contributed by atoms with Crippen LogP contribution in [0.2, 0.25) is 5.02 Å². The van der Waals surface area contributed by atoms with Gasteiger partial charge in [-0.05, 0) is 37.0 Å². The van der Waals surface area contributed by atoms with Gasteiger partial charge in [0.1, 0.15) is 5.82 Å². The van der Waals surface area contributed by atoms with Crippen molar-refractivity contribution in [2.75, 3.05) is 18.5 Å². The van der Waals surface area contributed by atoms with E-state index < -0.39 is 11.8 Å². The fourth-order valence-corrected chi connectivity index (χ4v) is 2.11. The van der Waals surface area contributed by atoms with Crippen LogP contribution >= 0.6 is 11.6 Å². The van der Waals surface area contributed by atoms with E-state index in [9.17, 15) is 9.18 Å². The molecule has 0 heterocycles. The van der Waals surface area contributed by atoms with Crippen LogP contribution in [0, 0.1) is 11.7 Å². The summed E-state index contributed by atoms with van der Waals surface area (Å²) in [6.07, 6.45) is 2.54. The van der Waals surface area contributed by atoms with Crippen LogP contribution in [-0.2, 0) is 0 Å². The second kappa shape index (κ2) is 8.76. The number of urea groups is 1. The van der Waals surface area contributed by atoms with Crippen LogP contribution in [0.5, 0.6) is 0 Å². The lowest BCUT2D eigenvalue weighted by Gasteiger charge is -2.16. The Morgan fingerprint density at radius 2 is 2.20 bits per heavy atom. The Bertz CT molecular complexity index is 437. The summed E-state index contributed by atoms with van der Waals surface area (Å²) in [5.74, 6) is -0.315. The van der Waals surface area contributed by atoms with Crippen molar-refractivity contribution in [3.63, 3.8) is 0 Å². The van der Waals surface area contributed by atoms with Gasteiger partial charge < -0.3 is 15.7 Å². The lowest BCUT2D eigenvalue weighted by molar-refractivity contribution is 0.236. The van der Waals surface area contributed by atoms with Crippen molar-refractivity contribution in [3.05, 3.63) is 29.0 Å². The van der Waals surface area contributed by atoms with Gasteiger partial charge in [-0.2, -0.15) is 0 Å². The first kappa shape index (κ1) is 16.7. The Labute approximate surface area is 123 Å². The maximum Gasteiger partial charge on any atom is 0.319 e. The first-order valence-electron chi connectivity index (χ1n) is 6.67. The molecule has 0 bridgehead atoms. The van der Waals surface area contributed by atoms with E-state index in [-0.39, 0.29) is 18.2 Å². The summed E-state index contributed by atoms with van der Waals surface area (Å²) in [6.45, 7) is 2.59. The molecule has 0 fully saturated rings. The van der Waals surface area contributed by atoms with E-state index in [1.807, 2.05) is 6.92 Å². The minimum Gasteiger partial charge on any atom is -0.396 e. The topological polar surface area (TPSA) is 61.4 Å². The smallest absolute Gasteiger partial charge is 0.319 e. The molecular formula is C14H20ClFN2O2. The monoisotopic (exact) mass is 302 g/mol. The quantitative estimate of drug-likeness (QED) is 0.723. The second-order valence-corrected chi connectivity index (χ2v) is 5.06. The summed E-state index contributed by atoms with van der Waals surface area (Å²) in [7, 11) is 0. The van der Waals surface area contributed by atoms with Crippen LogP contribution in [0.3, 0.4) is 0 Å². The Hall–Kier alpha value is -1.33. The molecule has 1 atom stereocenters. The van der Waals surface area contributed by atoms with Crippen LogP contribution in [0.4, 0.5) is 14.9 Å². The van der Waals surface area contributed by atoms with Gasteiger partial charge in [-0.15, -0.1) is 0 Å². The predicted molar refractivity (Wildman–Crippen MR) is 78.5 cm³/mol. The highest BCUT2D eigenvalue weighted by Crippen LogP contribution is 2.19. The number of benzene rings is 1. The highest BCUT2D eigenvalue weighted by Gasteiger charge is 2.11. The first-order chi connectivity index (χ1) is 9.56. The minimum absolute atomic E-state index is 0.0456. The SMILES string of the molecule is CCCC(CCO)CNC(=O)Nc1cc(Cl)ccc1F. The number of nitrogens with one attached hydrogen (secondary N) is 2. The van der Waals surface area contributed by atoms with Crippen LogP contribution in [0.15, 0.2) is 18.2 Å². The van der Waals surface area contributed by atoms with Gasteiger partial charge in [0.15, 0.2) is 0 Å². The summed E-state index contributed by atoms with van der Waals surface area (Å²) >= 11 is 5.74. The number of carbonyl (C=O) groups excluding carboxylic acids is 1. The van der Waals surface area contributed by atoms with Gasteiger partial charge in [-0.3, -0.25) is 0 Å². The molecule has 0 aliphatic rings. The number of aliphatic hydroxyl groups excluding tert-OH is 1. The average molecular weight is 303 g/mol. The van der Waals surface area contributed by atoms with Gasteiger partial charge in [0.25, 0.3) is 0 Å². The fraction of sp³-hybridized carbons (Fsp3) is 0.500. The highest BCUT2D eigenvalue weighted by atomic mass is 35.5. The predicted octanol–water partition coefficient (Wildman–Crippen LogP) is 3.40. The molecule has 20 heavy (non-hydrogen) atoms. The van der Waals surface area contributed by atoms with Crippen molar-refractivity contribution in [1.82, 2.24) is 5.32 Å². The zero-order chi connectivity index (χ0) is 15.0. The summed E-state index contributed by atoms with van der Waals surface area (Å²) in [5.41, 5.74) is 0.0456. The van der Waals surface area contributed by atoms with E-state index in [2.05, 4.69) is 10.6 Å². The Balaban J connectivity index is 2.48. The first-order valence-corrected chi connectivity index (χ1v) is 7.05. The molecule has 6 heteroatoms.